The summed E-state index contributed by atoms with van der Waals surface area (Å²) in [7, 11) is 3.22. The van der Waals surface area contributed by atoms with Crippen LogP contribution in [0.15, 0.2) is 41.5 Å². The Kier molecular flexibility index (Phi) is 9.27. The van der Waals surface area contributed by atoms with E-state index in [1.165, 1.54) is 17.3 Å². The van der Waals surface area contributed by atoms with E-state index in [1.807, 2.05) is 32.0 Å². The molecule has 0 atom stereocenters. The third-order valence-electron chi connectivity index (χ3n) is 4.68. The van der Waals surface area contributed by atoms with Gasteiger partial charge in [-0.15, -0.1) is 0 Å². The van der Waals surface area contributed by atoms with Crippen LogP contribution in [0.5, 0.6) is 0 Å². The Morgan fingerprint density at radius 2 is 1.94 bits per heavy atom. The first kappa shape index (κ1) is 24.6. The number of benzene rings is 1. The number of hydrogen-bond acceptors (Lipinski definition) is 4. The number of carbonyl (C=O) groups is 2. The van der Waals surface area contributed by atoms with Gasteiger partial charge in [0.15, 0.2) is 0 Å². The highest BCUT2D eigenvalue weighted by molar-refractivity contribution is 6.30. The van der Waals surface area contributed by atoms with E-state index in [-0.39, 0.29) is 17.0 Å². The van der Waals surface area contributed by atoms with Crippen LogP contribution in [0.25, 0.3) is 0 Å². The highest BCUT2D eigenvalue weighted by Crippen LogP contribution is 2.11. The highest BCUT2D eigenvalue weighted by atomic mass is 35.5. The lowest BCUT2D eigenvalue weighted by atomic mass is 10.1. The SMILES string of the molecule is COCCn1cc(C(=O)NCCc2cccc(Cl)c2)c(=O)c(C(=O)N(C)CC(C)C)c1. The van der Waals surface area contributed by atoms with Gasteiger partial charge in [0.1, 0.15) is 11.1 Å². The van der Waals surface area contributed by atoms with Gasteiger partial charge in [-0.2, -0.15) is 0 Å². The van der Waals surface area contributed by atoms with Crippen molar-refractivity contribution in [1.29, 1.82) is 0 Å². The molecule has 0 aliphatic rings. The Hall–Kier alpha value is -2.64. The molecule has 31 heavy (non-hydrogen) atoms. The zero-order valence-corrected chi connectivity index (χ0v) is 19.2. The Balaban J connectivity index is 2.24. The first-order chi connectivity index (χ1) is 14.7. The van der Waals surface area contributed by atoms with Crippen molar-refractivity contribution in [2.75, 3.05) is 33.9 Å². The molecule has 0 spiro atoms. The van der Waals surface area contributed by atoms with Gasteiger partial charge >= 0.3 is 0 Å². The third kappa shape index (κ3) is 7.22. The summed E-state index contributed by atoms with van der Waals surface area (Å²) in [4.78, 5) is 40.1. The Morgan fingerprint density at radius 3 is 2.58 bits per heavy atom. The maximum Gasteiger partial charge on any atom is 0.259 e. The lowest BCUT2D eigenvalue weighted by molar-refractivity contribution is 0.0776. The molecule has 2 aromatic rings. The molecule has 2 rings (SSSR count). The molecule has 0 radical (unpaired) electrons. The summed E-state index contributed by atoms with van der Waals surface area (Å²) in [5.41, 5.74) is 0.312. The van der Waals surface area contributed by atoms with Crippen LogP contribution in [0.1, 0.15) is 40.1 Å². The Morgan fingerprint density at radius 1 is 1.23 bits per heavy atom. The Bertz CT molecular complexity index is 972. The number of aromatic nitrogens is 1. The van der Waals surface area contributed by atoms with Crippen LogP contribution < -0.4 is 10.7 Å². The van der Waals surface area contributed by atoms with E-state index in [0.717, 1.165) is 5.56 Å². The van der Waals surface area contributed by atoms with E-state index >= 15 is 0 Å². The maximum absolute atomic E-state index is 13.0. The summed E-state index contributed by atoms with van der Waals surface area (Å²) in [6.07, 6.45) is 3.53. The zero-order chi connectivity index (χ0) is 23.0. The van der Waals surface area contributed by atoms with Gasteiger partial charge in [0.05, 0.1) is 6.61 Å². The van der Waals surface area contributed by atoms with Crippen molar-refractivity contribution in [2.45, 2.75) is 26.8 Å². The van der Waals surface area contributed by atoms with Crippen molar-refractivity contribution in [3.05, 3.63) is 68.6 Å². The molecule has 0 saturated carbocycles. The maximum atomic E-state index is 13.0. The minimum absolute atomic E-state index is 0.0262. The molecule has 1 heterocycles. The van der Waals surface area contributed by atoms with Gasteiger partial charge in [0.25, 0.3) is 11.8 Å². The number of pyridine rings is 1. The molecule has 7 nitrogen and oxygen atoms in total. The topological polar surface area (TPSA) is 80.6 Å². The third-order valence-corrected chi connectivity index (χ3v) is 4.92. The van der Waals surface area contributed by atoms with Gasteiger partial charge in [-0.05, 0) is 30.0 Å². The molecule has 2 amide bonds. The van der Waals surface area contributed by atoms with Crippen LogP contribution in [0.2, 0.25) is 5.02 Å². The van der Waals surface area contributed by atoms with Gasteiger partial charge in [-0.25, -0.2) is 0 Å². The molecule has 0 saturated heterocycles. The van der Waals surface area contributed by atoms with Crippen LogP contribution in [0.3, 0.4) is 0 Å². The van der Waals surface area contributed by atoms with E-state index < -0.39 is 17.2 Å². The van der Waals surface area contributed by atoms with Crippen molar-refractivity contribution in [1.82, 2.24) is 14.8 Å². The zero-order valence-electron chi connectivity index (χ0n) is 18.5. The summed E-state index contributed by atoms with van der Waals surface area (Å²) >= 11 is 5.99. The van der Waals surface area contributed by atoms with Gasteiger partial charge in [-0.1, -0.05) is 37.6 Å². The molecule has 0 unspecified atom stereocenters. The fraction of sp³-hybridized carbons (Fsp3) is 0.435. The number of nitrogens with zero attached hydrogens (tertiary/aromatic N) is 2. The molecular weight excluding hydrogens is 418 g/mol. The Labute approximate surface area is 188 Å². The number of methoxy groups -OCH3 is 1. The van der Waals surface area contributed by atoms with E-state index in [1.54, 1.807) is 24.8 Å². The van der Waals surface area contributed by atoms with Gasteiger partial charge in [0.2, 0.25) is 5.43 Å². The number of hydrogen-bond donors (Lipinski definition) is 1. The minimum atomic E-state index is -0.575. The number of halogens is 1. The summed E-state index contributed by atoms with van der Waals surface area (Å²) in [5.74, 6) is -0.666. The summed E-state index contributed by atoms with van der Waals surface area (Å²) in [6.45, 7) is 5.62. The monoisotopic (exact) mass is 447 g/mol. The fourth-order valence-electron chi connectivity index (χ4n) is 3.22. The lowest BCUT2D eigenvalue weighted by Gasteiger charge is -2.20. The van der Waals surface area contributed by atoms with E-state index in [0.29, 0.717) is 37.7 Å². The number of nitrogens with one attached hydrogen (secondary N) is 1. The largest absolute Gasteiger partial charge is 0.383 e. The molecular formula is C23H30ClN3O4. The van der Waals surface area contributed by atoms with Crippen molar-refractivity contribution >= 4 is 23.4 Å². The highest BCUT2D eigenvalue weighted by Gasteiger charge is 2.22. The lowest BCUT2D eigenvalue weighted by Crippen LogP contribution is -2.38. The van der Waals surface area contributed by atoms with Crippen LogP contribution in [-0.2, 0) is 17.7 Å². The van der Waals surface area contributed by atoms with Crippen molar-refractivity contribution in [3.8, 4) is 0 Å². The van der Waals surface area contributed by atoms with Crippen molar-refractivity contribution < 1.29 is 14.3 Å². The van der Waals surface area contributed by atoms with Gasteiger partial charge in [-0.3, -0.25) is 14.4 Å². The standard InChI is InChI=1S/C23H30ClN3O4/c1-16(2)13-26(3)23(30)20-15-27(10-11-31-4)14-19(21(20)28)22(29)25-9-8-17-6-5-7-18(24)12-17/h5-7,12,14-16H,8-11,13H2,1-4H3,(H,25,29). The van der Waals surface area contributed by atoms with Crippen LogP contribution in [0, 0.1) is 5.92 Å². The molecule has 0 aliphatic carbocycles. The molecule has 1 N–H and O–H groups in total. The molecule has 0 bridgehead atoms. The molecule has 0 aliphatic heterocycles. The molecule has 168 valence electrons. The smallest absolute Gasteiger partial charge is 0.259 e. The second-order valence-electron chi connectivity index (χ2n) is 7.86. The summed E-state index contributed by atoms with van der Waals surface area (Å²) in [5, 5.41) is 3.39. The summed E-state index contributed by atoms with van der Waals surface area (Å²) < 4.78 is 6.74. The van der Waals surface area contributed by atoms with Crippen molar-refractivity contribution in [2.24, 2.45) is 5.92 Å². The van der Waals surface area contributed by atoms with Crippen LogP contribution >= 0.6 is 11.6 Å². The predicted molar refractivity (Wildman–Crippen MR) is 122 cm³/mol. The van der Waals surface area contributed by atoms with E-state index in [4.69, 9.17) is 16.3 Å². The quantitative estimate of drug-likeness (QED) is 0.607. The average molecular weight is 448 g/mol. The van der Waals surface area contributed by atoms with Gasteiger partial charge < -0.3 is 19.5 Å². The molecule has 1 aromatic carbocycles. The number of amides is 2. The van der Waals surface area contributed by atoms with E-state index in [9.17, 15) is 14.4 Å². The van der Waals surface area contributed by atoms with E-state index in [2.05, 4.69) is 5.32 Å². The minimum Gasteiger partial charge on any atom is -0.383 e. The van der Waals surface area contributed by atoms with Crippen molar-refractivity contribution in [3.63, 3.8) is 0 Å². The second-order valence-corrected chi connectivity index (χ2v) is 8.30. The number of carbonyl (C=O) groups excluding carboxylic acids is 2. The second kappa shape index (κ2) is 11.7. The normalized spacial score (nSPS) is 10.9. The fourth-order valence-corrected chi connectivity index (χ4v) is 3.43. The van der Waals surface area contributed by atoms with Gasteiger partial charge in [0, 0.05) is 51.2 Å². The predicted octanol–water partition coefficient (Wildman–Crippen LogP) is 2.85. The molecule has 1 aromatic heterocycles. The molecule has 0 fully saturated rings. The van der Waals surface area contributed by atoms with Crippen LogP contribution in [-0.4, -0.2) is 55.1 Å². The molecule has 8 heteroatoms. The number of rotatable bonds is 10. The first-order valence-corrected chi connectivity index (χ1v) is 10.6. The van der Waals surface area contributed by atoms with Crippen LogP contribution in [0.4, 0.5) is 0 Å². The average Bonchev–Trinajstić information content (AvgIpc) is 2.71. The summed E-state index contributed by atoms with van der Waals surface area (Å²) in [6, 6.07) is 7.37. The number of ether oxygens (including phenoxy) is 1. The first-order valence-electron chi connectivity index (χ1n) is 10.2.